The number of hydrogen-bond acceptors (Lipinski definition) is 4. The summed E-state index contributed by atoms with van der Waals surface area (Å²) >= 11 is 0. The molecule has 1 unspecified atom stereocenters. The van der Waals surface area contributed by atoms with Gasteiger partial charge in [0.2, 0.25) is 5.91 Å². The molecule has 1 aromatic heterocycles. The van der Waals surface area contributed by atoms with E-state index < -0.39 is 0 Å². The van der Waals surface area contributed by atoms with Crippen LogP contribution < -0.4 is 5.32 Å². The van der Waals surface area contributed by atoms with Crippen LogP contribution in [0.15, 0.2) is 42.6 Å². The summed E-state index contributed by atoms with van der Waals surface area (Å²) in [6.45, 7) is 4.58. The van der Waals surface area contributed by atoms with Crippen LogP contribution in [0.5, 0.6) is 0 Å². The van der Waals surface area contributed by atoms with Crippen molar-refractivity contribution in [1.29, 1.82) is 0 Å². The number of carbonyl (C=O) groups is 1. The van der Waals surface area contributed by atoms with E-state index in [9.17, 15) is 4.79 Å². The number of nitrogens with one attached hydrogen (secondary N) is 1. The number of carbonyl (C=O) groups excluding carboxylic acids is 1. The number of nitrogens with zero attached hydrogens (tertiary/aromatic N) is 3. The predicted octanol–water partition coefficient (Wildman–Crippen LogP) is 2.98. The molecule has 6 nitrogen and oxygen atoms in total. The fourth-order valence-corrected chi connectivity index (χ4v) is 4.21. The van der Waals surface area contributed by atoms with Crippen LogP contribution in [0.3, 0.4) is 0 Å². The van der Waals surface area contributed by atoms with Crippen LogP contribution in [0.25, 0.3) is 0 Å². The lowest BCUT2D eigenvalue weighted by molar-refractivity contribution is -0.134. The average molecular weight is 419 g/mol. The van der Waals surface area contributed by atoms with Crippen molar-refractivity contribution in [2.75, 3.05) is 26.2 Å². The lowest BCUT2D eigenvalue weighted by Crippen LogP contribution is -2.42. The third-order valence-corrected chi connectivity index (χ3v) is 5.87. The first-order chi connectivity index (χ1) is 13.8. The molecule has 0 bridgehead atoms. The van der Waals surface area contributed by atoms with Crippen molar-refractivity contribution >= 4 is 18.3 Å². The molecule has 2 saturated heterocycles. The highest BCUT2D eigenvalue weighted by molar-refractivity contribution is 5.85. The summed E-state index contributed by atoms with van der Waals surface area (Å²) in [5, 5.41) is 7.87. The van der Waals surface area contributed by atoms with Gasteiger partial charge in [0.1, 0.15) is 6.54 Å². The molecule has 1 amide bonds. The largest absolute Gasteiger partial charge is 0.373 e. The zero-order valence-corrected chi connectivity index (χ0v) is 17.7. The Bertz CT molecular complexity index is 753. The Morgan fingerprint density at radius 3 is 2.66 bits per heavy atom. The molecule has 3 heterocycles. The zero-order valence-electron chi connectivity index (χ0n) is 16.8. The summed E-state index contributed by atoms with van der Waals surface area (Å²) in [6, 6.07) is 12.3. The van der Waals surface area contributed by atoms with Crippen molar-refractivity contribution in [2.24, 2.45) is 0 Å². The van der Waals surface area contributed by atoms with Crippen LogP contribution >= 0.6 is 12.4 Å². The van der Waals surface area contributed by atoms with E-state index in [0.29, 0.717) is 19.1 Å². The van der Waals surface area contributed by atoms with E-state index in [-0.39, 0.29) is 24.4 Å². The topological polar surface area (TPSA) is 59.4 Å². The summed E-state index contributed by atoms with van der Waals surface area (Å²) in [6.07, 6.45) is 6.20. The number of piperidine rings is 2. The molecule has 2 aliphatic rings. The van der Waals surface area contributed by atoms with E-state index in [1.807, 2.05) is 34.0 Å². The molecule has 7 heteroatoms. The Morgan fingerprint density at radius 1 is 1.14 bits per heavy atom. The number of benzene rings is 1. The van der Waals surface area contributed by atoms with Gasteiger partial charge in [0, 0.05) is 37.4 Å². The van der Waals surface area contributed by atoms with Gasteiger partial charge in [0.05, 0.1) is 12.7 Å². The van der Waals surface area contributed by atoms with Crippen molar-refractivity contribution < 1.29 is 9.53 Å². The number of hydrogen-bond donors (Lipinski definition) is 1. The van der Waals surface area contributed by atoms with E-state index in [0.717, 1.165) is 45.4 Å². The Kier molecular flexibility index (Phi) is 8.09. The Hall–Kier alpha value is -1.89. The minimum atomic E-state index is 0. The van der Waals surface area contributed by atoms with Gasteiger partial charge in [0.25, 0.3) is 0 Å². The first-order valence-electron chi connectivity index (χ1n) is 10.5. The van der Waals surface area contributed by atoms with E-state index in [1.165, 1.54) is 17.7 Å². The first-order valence-corrected chi connectivity index (χ1v) is 10.5. The quantitative estimate of drug-likeness (QED) is 0.783. The molecule has 2 aromatic rings. The zero-order chi connectivity index (χ0) is 19.2. The SMILES string of the molecule is Cl.O=C(Cn1nccc1C1CCCNC1)N1CCC(OCc2ccccc2)CC1. The Balaban J connectivity index is 0.00000240. The highest BCUT2D eigenvalue weighted by atomic mass is 35.5. The molecule has 1 aromatic carbocycles. The molecular weight excluding hydrogens is 388 g/mol. The summed E-state index contributed by atoms with van der Waals surface area (Å²) in [7, 11) is 0. The number of ether oxygens (including phenoxy) is 1. The lowest BCUT2D eigenvalue weighted by atomic mass is 9.96. The monoisotopic (exact) mass is 418 g/mol. The maximum atomic E-state index is 12.8. The molecule has 2 fully saturated rings. The van der Waals surface area contributed by atoms with Crippen molar-refractivity contribution in [3.8, 4) is 0 Å². The van der Waals surface area contributed by atoms with Crippen molar-refractivity contribution in [3.05, 3.63) is 53.9 Å². The predicted molar refractivity (Wildman–Crippen MR) is 115 cm³/mol. The summed E-state index contributed by atoms with van der Waals surface area (Å²) < 4.78 is 7.94. The minimum Gasteiger partial charge on any atom is -0.373 e. The molecule has 2 aliphatic heterocycles. The van der Waals surface area contributed by atoms with Gasteiger partial charge in [-0.3, -0.25) is 9.48 Å². The molecule has 29 heavy (non-hydrogen) atoms. The van der Waals surface area contributed by atoms with Gasteiger partial charge in [-0.1, -0.05) is 30.3 Å². The third kappa shape index (κ3) is 5.81. The van der Waals surface area contributed by atoms with E-state index in [4.69, 9.17) is 4.74 Å². The molecule has 0 aliphatic carbocycles. The summed E-state index contributed by atoms with van der Waals surface area (Å²) in [5.41, 5.74) is 2.38. The van der Waals surface area contributed by atoms with Crippen molar-refractivity contribution in [1.82, 2.24) is 20.0 Å². The highest BCUT2D eigenvalue weighted by Crippen LogP contribution is 2.23. The van der Waals surface area contributed by atoms with Crippen LogP contribution in [0, 0.1) is 0 Å². The van der Waals surface area contributed by atoms with Crippen molar-refractivity contribution in [3.63, 3.8) is 0 Å². The third-order valence-electron chi connectivity index (χ3n) is 5.87. The average Bonchev–Trinajstić information content (AvgIpc) is 3.22. The number of likely N-dealkylation sites (tertiary alicyclic amines) is 1. The molecule has 0 radical (unpaired) electrons. The van der Waals surface area contributed by atoms with E-state index in [1.54, 1.807) is 0 Å². The summed E-state index contributed by atoms with van der Waals surface area (Å²) in [4.78, 5) is 14.8. The fourth-order valence-electron chi connectivity index (χ4n) is 4.21. The maximum absolute atomic E-state index is 12.8. The van der Waals surface area contributed by atoms with Gasteiger partial charge >= 0.3 is 0 Å². The second kappa shape index (κ2) is 10.8. The summed E-state index contributed by atoms with van der Waals surface area (Å²) in [5.74, 6) is 0.622. The Morgan fingerprint density at radius 2 is 1.93 bits per heavy atom. The normalized spacial score (nSPS) is 20.3. The van der Waals surface area contributed by atoms with Gasteiger partial charge in [-0.2, -0.15) is 5.10 Å². The van der Waals surface area contributed by atoms with Crippen LogP contribution in [0.4, 0.5) is 0 Å². The molecule has 1 N–H and O–H groups in total. The van der Waals surface area contributed by atoms with Crippen LogP contribution in [0.2, 0.25) is 0 Å². The van der Waals surface area contributed by atoms with Gasteiger partial charge in [-0.25, -0.2) is 0 Å². The Labute approximate surface area is 179 Å². The number of amides is 1. The van der Waals surface area contributed by atoms with E-state index in [2.05, 4.69) is 28.6 Å². The van der Waals surface area contributed by atoms with Gasteiger partial charge < -0.3 is 15.0 Å². The maximum Gasteiger partial charge on any atom is 0.244 e. The highest BCUT2D eigenvalue weighted by Gasteiger charge is 2.25. The minimum absolute atomic E-state index is 0. The van der Waals surface area contributed by atoms with Crippen LogP contribution in [-0.4, -0.2) is 52.9 Å². The van der Waals surface area contributed by atoms with Gasteiger partial charge in [0.15, 0.2) is 0 Å². The molecular formula is C22H31ClN4O2. The molecule has 0 spiro atoms. The molecule has 158 valence electrons. The second-order valence-corrected chi connectivity index (χ2v) is 7.83. The van der Waals surface area contributed by atoms with E-state index >= 15 is 0 Å². The number of rotatable bonds is 6. The van der Waals surface area contributed by atoms with Crippen molar-refractivity contribution in [2.45, 2.75) is 50.9 Å². The lowest BCUT2D eigenvalue weighted by Gasteiger charge is -2.32. The molecule has 0 saturated carbocycles. The molecule has 4 rings (SSSR count). The standard InChI is InChI=1S/C22H30N4O2.ClH/c27-22(16-26-21(8-12-24-26)19-7-4-11-23-15-19)25-13-9-20(10-14-25)28-17-18-5-2-1-3-6-18;/h1-3,5-6,8,12,19-20,23H,4,7,9-11,13-17H2;1H. The second-order valence-electron chi connectivity index (χ2n) is 7.83. The van der Waals surface area contributed by atoms with Crippen LogP contribution in [0.1, 0.15) is 42.9 Å². The van der Waals surface area contributed by atoms with Gasteiger partial charge in [-0.05, 0) is 43.9 Å². The number of halogens is 1. The number of aromatic nitrogens is 2. The molecule has 1 atom stereocenters. The van der Waals surface area contributed by atoms with Crippen LogP contribution in [-0.2, 0) is 22.7 Å². The fraction of sp³-hybridized carbons (Fsp3) is 0.545. The smallest absolute Gasteiger partial charge is 0.244 e. The first kappa shape index (κ1) is 21.8. The van der Waals surface area contributed by atoms with Gasteiger partial charge in [-0.15, -0.1) is 12.4 Å².